The minimum absolute atomic E-state index is 0.573. The monoisotopic (exact) mass is 190 g/mol. The van der Waals surface area contributed by atoms with E-state index in [4.69, 9.17) is 5.26 Å². The Labute approximate surface area is 84.2 Å². The summed E-state index contributed by atoms with van der Waals surface area (Å²) < 4.78 is 0. The van der Waals surface area contributed by atoms with Gasteiger partial charge in [-0.3, -0.25) is 4.90 Å². The van der Waals surface area contributed by atoms with Crippen molar-refractivity contribution in [2.24, 2.45) is 5.92 Å². The summed E-state index contributed by atoms with van der Waals surface area (Å²) in [6, 6.07) is 3.73. The van der Waals surface area contributed by atoms with E-state index in [9.17, 15) is 0 Å². The van der Waals surface area contributed by atoms with Gasteiger partial charge in [-0.05, 0) is 24.5 Å². The van der Waals surface area contributed by atoms with Gasteiger partial charge in [-0.2, -0.15) is 10.4 Å². The minimum atomic E-state index is 0.573. The second-order valence-corrected chi connectivity index (χ2v) is 3.64. The first-order valence-electron chi connectivity index (χ1n) is 4.59. The van der Waals surface area contributed by atoms with Crippen molar-refractivity contribution in [3.63, 3.8) is 0 Å². The standard InChI is InChI=1S/C10H14N4/c1-8(2)6-9-4-5-10(13-12-9)14(3)7-11/h4-5,8H,6H2,1-3H3. The molecule has 1 aromatic rings. The number of hydrogen-bond acceptors (Lipinski definition) is 4. The molecular weight excluding hydrogens is 176 g/mol. The smallest absolute Gasteiger partial charge is 0.185 e. The van der Waals surface area contributed by atoms with E-state index in [0.29, 0.717) is 11.7 Å². The van der Waals surface area contributed by atoms with Crippen molar-refractivity contribution < 1.29 is 0 Å². The van der Waals surface area contributed by atoms with Crippen molar-refractivity contribution >= 4 is 5.82 Å². The zero-order valence-electron chi connectivity index (χ0n) is 8.73. The molecule has 0 radical (unpaired) electrons. The van der Waals surface area contributed by atoms with Crippen LogP contribution in [0.1, 0.15) is 19.5 Å². The largest absolute Gasteiger partial charge is 0.265 e. The van der Waals surface area contributed by atoms with Crippen LogP contribution in [0.25, 0.3) is 0 Å². The van der Waals surface area contributed by atoms with Crippen LogP contribution in [-0.2, 0) is 6.42 Å². The highest BCUT2D eigenvalue weighted by molar-refractivity contribution is 5.40. The molecule has 74 valence electrons. The maximum absolute atomic E-state index is 8.61. The van der Waals surface area contributed by atoms with Crippen molar-refractivity contribution in [2.45, 2.75) is 20.3 Å². The van der Waals surface area contributed by atoms with Gasteiger partial charge >= 0.3 is 0 Å². The molecule has 14 heavy (non-hydrogen) atoms. The number of anilines is 1. The molecule has 0 aliphatic carbocycles. The molecule has 0 bridgehead atoms. The molecule has 0 fully saturated rings. The van der Waals surface area contributed by atoms with E-state index in [-0.39, 0.29) is 0 Å². The Morgan fingerprint density at radius 1 is 1.43 bits per heavy atom. The minimum Gasteiger partial charge on any atom is -0.265 e. The first-order chi connectivity index (χ1) is 6.63. The van der Waals surface area contributed by atoms with Crippen LogP contribution in [0.5, 0.6) is 0 Å². The Morgan fingerprint density at radius 3 is 2.57 bits per heavy atom. The molecule has 0 saturated carbocycles. The van der Waals surface area contributed by atoms with Crippen molar-refractivity contribution in [3.05, 3.63) is 17.8 Å². The molecule has 0 aliphatic heterocycles. The molecule has 0 aliphatic rings. The molecule has 4 heteroatoms. The van der Waals surface area contributed by atoms with Gasteiger partial charge in [-0.25, -0.2) is 0 Å². The van der Waals surface area contributed by atoms with E-state index < -0.39 is 0 Å². The summed E-state index contributed by atoms with van der Waals surface area (Å²) in [6.45, 7) is 4.27. The van der Waals surface area contributed by atoms with Crippen LogP contribution in [-0.4, -0.2) is 17.2 Å². The number of aromatic nitrogens is 2. The van der Waals surface area contributed by atoms with Crippen LogP contribution in [0, 0.1) is 17.4 Å². The van der Waals surface area contributed by atoms with E-state index in [1.54, 1.807) is 7.05 Å². The van der Waals surface area contributed by atoms with Crippen molar-refractivity contribution in [3.8, 4) is 6.19 Å². The van der Waals surface area contributed by atoms with E-state index >= 15 is 0 Å². The highest BCUT2D eigenvalue weighted by Crippen LogP contribution is 2.09. The topological polar surface area (TPSA) is 52.8 Å². The third kappa shape index (κ3) is 2.70. The SMILES string of the molecule is CC(C)Cc1ccc(N(C)C#N)nn1. The van der Waals surface area contributed by atoms with E-state index in [2.05, 4.69) is 24.0 Å². The van der Waals surface area contributed by atoms with Crippen LogP contribution in [0.4, 0.5) is 5.82 Å². The first-order valence-corrected chi connectivity index (χ1v) is 4.59. The molecule has 1 rings (SSSR count). The zero-order valence-corrected chi connectivity index (χ0v) is 8.73. The molecule has 0 aromatic carbocycles. The number of nitriles is 1. The van der Waals surface area contributed by atoms with Crippen LogP contribution in [0.2, 0.25) is 0 Å². The molecule has 0 N–H and O–H groups in total. The zero-order chi connectivity index (χ0) is 10.6. The van der Waals surface area contributed by atoms with E-state index in [0.717, 1.165) is 12.1 Å². The summed E-state index contributed by atoms with van der Waals surface area (Å²) in [4.78, 5) is 1.38. The van der Waals surface area contributed by atoms with Crippen LogP contribution < -0.4 is 4.90 Å². The number of rotatable bonds is 3. The van der Waals surface area contributed by atoms with Crippen molar-refractivity contribution in [2.75, 3.05) is 11.9 Å². The molecule has 0 unspecified atom stereocenters. The molecule has 0 spiro atoms. The summed E-state index contributed by atoms with van der Waals surface area (Å²) in [5.74, 6) is 1.16. The Balaban J connectivity index is 2.74. The number of nitrogens with zero attached hydrogens (tertiary/aromatic N) is 4. The highest BCUT2D eigenvalue weighted by Gasteiger charge is 2.03. The van der Waals surface area contributed by atoms with Gasteiger partial charge in [0.05, 0.1) is 5.69 Å². The van der Waals surface area contributed by atoms with Gasteiger partial charge in [0, 0.05) is 7.05 Å². The average Bonchev–Trinajstić information content (AvgIpc) is 2.17. The van der Waals surface area contributed by atoms with Crippen molar-refractivity contribution in [1.82, 2.24) is 10.2 Å². The lowest BCUT2D eigenvalue weighted by Crippen LogP contribution is -2.11. The average molecular weight is 190 g/mol. The third-order valence-corrected chi connectivity index (χ3v) is 1.82. The lowest BCUT2D eigenvalue weighted by atomic mass is 10.1. The van der Waals surface area contributed by atoms with E-state index in [1.807, 2.05) is 18.3 Å². The van der Waals surface area contributed by atoms with Gasteiger partial charge in [-0.15, -0.1) is 5.10 Å². The fourth-order valence-corrected chi connectivity index (χ4v) is 1.11. The normalized spacial score (nSPS) is 9.93. The predicted octanol–water partition coefficient (Wildman–Crippen LogP) is 1.59. The predicted molar refractivity (Wildman–Crippen MR) is 54.6 cm³/mol. The fourth-order valence-electron chi connectivity index (χ4n) is 1.11. The summed E-state index contributed by atoms with van der Waals surface area (Å²) in [7, 11) is 1.66. The fraction of sp³-hybridized carbons (Fsp3) is 0.500. The molecule has 0 saturated heterocycles. The Kier molecular flexibility index (Phi) is 3.41. The van der Waals surface area contributed by atoms with Crippen molar-refractivity contribution in [1.29, 1.82) is 5.26 Å². The molecular formula is C10H14N4. The van der Waals surface area contributed by atoms with Gasteiger partial charge in [0.15, 0.2) is 12.0 Å². The van der Waals surface area contributed by atoms with Crippen LogP contribution >= 0.6 is 0 Å². The molecule has 1 heterocycles. The maximum Gasteiger partial charge on any atom is 0.185 e. The Bertz CT molecular complexity index is 323. The lowest BCUT2D eigenvalue weighted by Gasteiger charge is -2.07. The van der Waals surface area contributed by atoms with Crippen LogP contribution in [0.15, 0.2) is 12.1 Å². The van der Waals surface area contributed by atoms with Gasteiger partial charge in [0.2, 0.25) is 0 Å². The molecule has 0 amide bonds. The third-order valence-electron chi connectivity index (χ3n) is 1.82. The van der Waals surface area contributed by atoms with Gasteiger partial charge in [-0.1, -0.05) is 13.8 Å². The second-order valence-electron chi connectivity index (χ2n) is 3.64. The number of hydrogen-bond donors (Lipinski definition) is 0. The quantitative estimate of drug-likeness (QED) is 0.536. The van der Waals surface area contributed by atoms with Gasteiger partial charge in [0.25, 0.3) is 0 Å². The summed E-state index contributed by atoms with van der Waals surface area (Å²) in [5, 5.41) is 16.6. The summed E-state index contributed by atoms with van der Waals surface area (Å²) in [5.41, 5.74) is 0.968. The molecule has 1 aromatic heterocycles. The Morgan fingerprint density at radius 2 is 2.14 bits per heavy atom. The lowest BCUT2D eigenvalue weighted by molar-refractivity contribution is 0.628. The van der Waals surface area contributed by atoms with E-state index in [1.165, 1.54) is 4.90 Å². The molecule has 4 nitrogen and oxygen atoms in total. The maximum atomic E-state index is 8.61. The van der Waals surface area contributed by atoms with Gasteiger partial charge < -0.3 is 0 Å². The summed E-state index contributed by atoms with van der Waals surface area (Å²) >= 11 is 0. The summed E-state index contributed by atoms with van der Waals surface area (Å²) in [6.07, 6.45) is 2.89. The highest BCUT2D eigenvalue weighted by atomic mass is 15.2. The first kappa shape index (κ1) is 10.5. The van der Waals surface area contributed by atoms with Gasteiger partial charge in [0.1, 0.15) is 0 Å². The van der Waals surface area contributed by atoms with Crippen LogP contribution in [0.3, 0.4) is 0 Å². The molecule has 0 atom stereocenters. The Hall–Kier alpha value is -1.63. The second kappa shape index (κ2) is 4.56.